The van der Waals surface area contributed by atoms with Crippen molar-refractivity contribution in [2.75, 3.05) is 19.0 Å². The molecule has 0 radical (unpaired) electrons. The molecule has 0 fully saturated rings. The van der Waals surface area contributed by atoms with Crippen molar-refractivity contribution >= 4 is 22.9 Å². The molecule has 1 N–H and O–H groups in total. The van der Waals surface area contributed by atoms with Gasteiger partial charge in [0.05, 0.1) is 12.5 Å². The third-order valence-corrected chi connectivity index (χ3v) is 4.89. The van der Waals surface area contributed by atoms with E-state index in [-0.39, 0.29) is 11.9 Å². The predicted octanol–water partition coefficient (Wildman–Crippen LogP) is 2.88. The van der Waals surface area contributed by atoms with Gasteiger partial charge in [0, 0.05) is 12.7 Å². The van der Waals surface area contributed by atoms with Gasteiger partial charge in [-0.2, -0.15) is 11.3 Å². The molecular weight excluding hydrogens is 268 g/mol. The maximum Gasteiger partial charge on any atom is 0.231 e. The second-order valence-corrected chi connectivity index (χ2v) is 5.99. The number of carbonyl (C=O) groups is 1. The molecule has 104 valence electrons. The molecule has 0 saturated carbocycles. The van der Waals surface area contributed by atoms with Crippen molar-refractivity contribution in [2.24, 2.45) is 0 Å². The smallest absolute Gasteiger partial charge is 0.231 e. The summed E-state index contributed by atoms with van der Waals surface area (Å²) < 4.78 is 0. The van der Waals surface area contributed by atoms with Crippen LogP contribution in [0.4, 0.5) is 5.69 Å². The molecule has 1 aliphatic heterocycles. The number of hydrogen-bond donors (Lipinski definition) is 1. The van der Waals surface area contributed by atoms with E-state index in [1.54, 1.807) is 16.2 Å². The third-order valence-electron chi connectivity index (χ3n) is 4.01. The highest BCUT2D eigenvalue weighted by Gasteiger charge is 2.25. The van der Waals surface area contributed by atoms with Crippen molar-refractivity contribution in [1.29, 1.82) is 0 Å². The first kappa shape index (κ1) is 13.3. The van der Waals surface area contributed by atoms with E-state index in [0.717, 1.165) is 11.3 Å². The average Bonchev–Trinajstić information content (AvgIpc) is 2.96. The molecule has 1 aromatic heterocycles. The van der Waals surface area contributed by atoms with Crippen molar-refractivity contribution in [3.8, 4) is 0 Å². The minimum Gasteiger partial charge on any atom is -0.315 e. The zero-order valence-electron chi connectivity index (χ0n) is 11.9. The second-order valence-electron chi connectivity index (χ2n) is 5.25. The lowest BCUT2D eigenvalue weighted by molar-refractivity contribution is -0.117. The van der Waals surface area contributed by atoms with E-state index in [1.165, 1.54) is 16.7 Å². The molecule has 1 unspecified atom stereocenters. The Bertz CT molecular complexity index is 662. The number of nitrogens with zero attached hydrogens (tertiary/aromatic N) is 1. The molecule has 2 aromatic rings. The Hall–Kier alpha value is -1.65. The SMILES string of the molecule is CNC(c1ccc2c(c1)CC(=O)N2C)c1cscc1C. The van der Waals surface area contributed by atoms with E-state index in [1.807, 2.05) is 14.1 Å². The standard InChI is InChI=1S/C16H18N2OS/c1-10-8-20-9-13(10)16(17-2)11-4-5-14-12(6-11)7-15(19)18(14)3/h4-6,8-9,16-17H,7H2,1-3H3. The van der Waals surface area contributed by atoms with Gasteiger partial charge in [-0.05, 0) is 53.1 Å². The number of rotatable bonds is 3. The van der Waals surface area contributed by atoms with Crippen LogP contribution in [0.15, 0.2) is 29.0 Å². The van der Waals surface area contributed by atoms with E-state index in [4.69, 9.17) is 0 Å². The number of anilines is 1. The molecule has 0 spiro atoms. The van der Waals surface area contributed by atoms with Crippen molar-refractivity contribution in [3.63, 3.8) is 0 Å². The number of amides is 1. The zero-order chi connectivity index (χ0) is 14.3. The summed E-state index contributed by atoms with van der Waals surface area (Å²) in [5.74, 6) is 0.171. The first-order valence-electron chi connectivity index (χ1n) is 6.71. The van der Waals surface area contributed by atoms with Crippen LogP contribution in [0.5, 0.6) is 0 Å². The van der Waals surface area contributed by atoms with Gasteiger partial charge in [0.2, 0.25) is 5.91 Å². The number of nitrogens with one attached hydrogen (secondary N) is 1. The van der Waals surface area contributed by atoms with E-state index in [2.05, 4.69) is 41.2 Å². The maximum atomic E-state index is 11.8. The highest BCUT2D eigenvalue weighted by molar-refractivity contribution is 7.08. The van der Waals surface area contributed by atoms with E-state index in [9.17, 15) is 4.79 Å². The molecule has 1 aliphatic rings. The molecule has 0 aliphatic carbocycles. The van der Waals surface area contributed by atoms with Gasteiger partial charge in [-0.25, -0.2) is 0 Å². The number of fused-ring (bicyclic) bond motifs is 1. The van der Waals surface area contributed by atoms with Crippen LogP contribution in [0.2, 0.25) is 0 Å². The van der Waals surface area contributed by atoms with Gasteiger partial charge < -0.3 is 10.2 Å². The van der Waals surface area contributed by atoms with Crippen LogP contribution in [0.25, 0.3) is 0 Å². The van der Waals surface area contributed by atoms with Gasteiger partial charge in [-0.15, -0.1) is 0 Å². The number of benzene rings is 1. The van der Waals surface area contributed by atoms with Gasteiger partial charge in [0.1, 0.15) is 0 Å². The molecular formula is C16H18N2OS. The van der Waals surface area contributed by atoms with Crippen LogP contribution in [0.3, 0.4) is 0 Å². The second kappa shape index (κ2) is 5.04. The summed E-state index contributed by atoms with van der Waals surface area (Å²) in [4.78, 5) is 13.5. The summed E-state index contributed by atoms with van der Waals surface area (Å²) in [6.07, 6.45) is 0.513. The zero-order valence-corrected chi connectivity index (χ0v) is 12.8. The van der Waals surface area contributed by atoms with Gasteiger partial charge in [0.25, 0.3) is 0 Å². The summed E-state index contributed by atoms with van der Waals surface area (Å²) in [5.41, 5.74) is 6.01. The topological polar surface area (TPSA) is 32.3 Å². The lowest BCUT2D eigenvalue weighted by atomic mass is 9.96. The number of thiophene rings is 1. The van der Waals surface area contributed by atoms with E-state index >= 15 is 0 Å². The van der Waals surface area contributed by atoms with Crippen molar-refractivity contribution < 1.29 is 4.79 Å². The minimum absolute atomic E-state index is 0.171. The molecule has 0 saturated heterocycles. The molecule has 3 nitrogen and oxygen atoms in total. The summed E-state index contributed by atoms with van der Waals surface area (Å²) in [6.45, 7) is 2.14. The van der Waals surface area contributed by atoms with Gasteiger partial charge in [0.15, 0.2) is 0 Å². The first-order valence-corrected chi connectivity index (χ1v) is 7.65. The Labute approximate surface area is 123 Å². The fourth-order valence-corrected chi connectivity index (χ4v) is 3.71. The molecule has 1 aromatic carbocycles. The van der Waals surface area contributed by atoms with Crippen LogP contribution in [0, 0.1) is 6.92 Å². The third kappa shape index (κ3) is 2.05. The fraction of sp³-hybridized carbons (Fsp3) is 0.312. The molecule has 2 heterocycles. The Kier molecular flexibility index (Phi) is 3.36. The number of likely N-dealkylation sites (N-methyl/N-ethyl adjacent to an activating group) is 1. The van der Waals surface area contributed by atoms with Crippen LogP contribution >= 0.6 is 11.3 Å². The quantitative estimate of drug-likeness (QED) is 0.941. The minimum atomic E-state index is 0.171. The van der Waals surface area contributed by atoms with Crippen LogP contribution in [0.1, 0.15) is 28.3 Å². The summed E-state index contributed by atoms with van der Waals surface area (Å²) in [6, 6.07) is 6.52. The Morgan fingerprint density at radius 1 is 1.35 bits per heavy atom. The summed E-state index contributed by atoms with van der Waals surface area (Å²) in [5, 5.41) is 7.75. The normalized spacial score (nSPS) is 15.6. The highest BCUT2D eigenvalue weighted by atomic mass is 32.1. The Morgan fingerprint density at radius 3 is 2.80 bits per heavy atom. The molecule has 3 rings (SSSR count). The highest BCUT2D eigenvalue weighted by Crippen LogP contribution is 2.33. The van der Waals surface area contributed by atoms with E-state index in [0.29, 0.717) is 6.42 Å². The van der Waals surface area contributed by atoms with Crippen LogP contribution in [-0.4, -0.2) is 20.0 Å². The lowest BCUT2D eigenvalue weighted by Crippen LogP contribution is -2.20. The predicted molar refractivity (Wildman–Crippen MR) is 83.5 cm³/mol. The summed E-state index contributed by atoms with van der Waals surface area (Å²) >= 11 is 1.73. The number of carbonyl (C=O) groups excluding carboxylic acids is 1. The van der Waals surface area contributed by atoms with E-state index < -0.39 is 0 Å². The molecule has 20 heavy (non-hydrogen) atoms. The number of aryl methyl sites for hydroxylation is 1. The largest absolute Gasteiger partial charge is 0.315 e. The Morgan fingerprint density at radius 2 is 2.15 bits per heavy atom. The van der Waals surface area contributed by atoms with Crippen molar-refractivity contribution in [3.05, 3.63) is 51.2 Å². The fourth-order valence-electron chi connectivity index (χ4n) is 2.84. The van der Waals surface area contributed by atoms with Gasteiger partial charge in [-0.1, -0.05) is 12.1 Å². The van der Waals surface area contributed by atoms with Crippen LogP contribution < -0.4 is 10.2 Å². The molecule has 4 heteroatoms. The monoisotopic (exact) mass is 286 g/mol. The molecule has 0 bridgehead atoms. The van der Waals surface area contributed by atoms with Gasteiger partial charge in [-0.3, -0.25) is 4.79 Å². The van der Waals surface area contributed by atoms with Crippen LogP contribution in [-0.2, 0) is 11.2 Å². The van der Waals surface area contributed by atoms with Gasteiger partial charge >= 0.3 is 0 Å². The molecule has 1 amide bonds. The maximum absolute atomic E-state index is 11.8. The Balaban J connectivity index is 2.01. The lowest BCUT2D eigenvalue weighted by Gasteiger charge is -2.18. The first-order chi connectivity index (χ1) is 9.61. The molecule has 1 atom stereocenters. The summed E-state index contributed by atoms with van der Waals surface area (Å²) in [7, 11) is 3.82. The average molecular weight is 286 g/mol. The van der Waals surface area contributed by atoms with Crippen molar-refractivity contribution in [2.45, 2.75) is 19.4 Å². The number of hydrogen-bond acceptors (Lipinski definition) is 3. The van der Waals surface area contributed by atoms with Crippen molar-refractivity contribution in [1.82, 2.24) is 5.32 Å².